The van der Waals surface area contributed by atoms with Crippen molar-refractivity contribution in [3.63, 3.8) is 0 Å². The molecule has 3 rings (SSSR count). The highest BCUT2D eigenvalue weighted by molar-refractivity contribution is 6.02. The Bertz CT molecular complexity index is 701. The number of hydrogen-bond acceptors (Lipinski definition) is 5. The van der Waals surface area contributed by atoms with Gasteiger partial charge in [-0.2, -0.15) is 5.10 Å². The minimum Gasteiger partial charge on any atom is -0.378 e. The largest absolute Gasteiger partial charge is 0.378 e. The van der Waals surface area contributed by atoms with Gasteiger partial charge in [-0.3, -0.25) is 14.3 Å². The number of aromatic nitrogens is 4. The maximum absolute atomic E-state index is 12.1. The van der Waals surface area contributed by atoms with Crippen molar-refractivity contribution < 1.29 is 14.3 Å². The number of aryl methyl sites for hydroxylation is 1. The molecule has 0 saturated carbocycles. The highest BCUT2D eigenvalue weighted by Crippen LogP contribution is 2.08. The van der Waals surface area contributed by atoms with E-state index in [0.717, 1.165) is 0 Å². The number of rotatable bonds is 4. The topological polar surface area (TPSA) is 94.3 Å². The lowest BCUT2D eigenvalue weighted by molar-refractivity contribution is -0.136. The number of ether oxygens (including phenoxy) is 1. The zero-order valence-corrected chi connectivity index (χ0v) is 12.8. The first kappa shape index (κ1) is 15.2. The SMILES string of the molecule is Cn1cnc(C(=O)Nc2cnn(CC(=O)N3CCOCC3)c2)c1. The fourth-order valence-electron chi connectivity index (χ4n) is 2.29. The molecule has 1 N–H and O–H groups in total. The lowest BCUT2D eigenvalue weighted by Gasteiger charge is -2.26. The molecule has 0 bridgehead atoms. The molecule has 0 spiro atoms. The second-order valence-electron chi connectivity index (χ2n) is 5.30. The highest BCUT2D eigenvalue weighted by Gasteiger charge is 2.17. The molecule has 1 fully saturated rings. The molecule has 2 aromatic heterocycles. The standard InChI is InChI=1S/C14H18N6O3/c1-18-8-12(15-10-18)14(22)17-11-6-16-20(7-11)9-13(21)19-2-4-23-5-3-19/h6-8,10H,2-5,9H2,1H3,(H,17,22). The van der Waals surface area contributed by atoms with Gasteiger partial charge < -0.3 is 19.5 Å². The second-order valence-corrected chi connectivity index (χ2v) is 5.30. The summed E-state index contributed by atoms with van der Waals surface area (Å²) in [5.74, 6) is -0.330. The van der Waals surface area contributed by atoms with Crippen LogP contribution in [-0.2, 0) is 23.1 Å². The molecule has 0 radical (unpaired) electrons. The van der Waals surface area contributed by atoms with E-state index in [1.54, 1.807) is 35.2 Å². The Balaban J connectivity index is 1.57. The van der Waals surface area contributed by atoms with Crippen molar-refractivity contribution in [2.45, 2.75) is 6.54 Å². The number of nitrogens with one attached hydrogen (secondary N) is 1. The molecule has 1 aliphatic rings. The van der Waals surface area contributed by atoms with Crippen molar-refractivity contribution in [1.29, 1.82) is 0 Å². The summed E-state index contributed by atoms with van der Waals surface area (Å²) >= 11 is 0. The molecule has 23 heavy (non-hydrogen) atoms. The summed E-state index contributed by atoms with van der Waals surface area (Å²) in [5, 5.41) is 6.80. The van der Waals surface area contributed by atoms with Gasteiger partial charge in [0.1, 0.15) is 12.2 Å². The van der Waals surface area contributed by atoms with Gasteiger partial charge in [-0.1, -0.05) is 0 Å². The molecule has 2 aromatic rings. The van der Waals surface area contributed by atoms with Crippen LogP contribution >= 0.6 is 0 Å². The predicted octanol–water partition coefficient (Wildman–Crippen LogP) is -0.272. The van der Waals surface area contributed by atoms with Crippen molar-refractivity contribution in [2.75, 3.05) is 31.6 Å². The second kappa shape index (κ2) is 6.61. The van der Waals surface area contributed by atoms with E-state index in [9.17, 15) is 9.59 Å². The minimum absolute atomic E-state index is 0.0148. The van der Waals surface area contributed by atoms with Gasteiger partial charge in [0.05, 0.1) is 31.4 Å². The molecule has 3 heterocycles. The third kappa shape index (κ3) is 3.75. The molecule has 0 unspecified atom stereocenters. The van der Waals surface area contributed by atoms with Crippen LogP contribution in [0.25, 0.3) is 0 Å². The summed E-state index contributed by atoms with van der Waals surface area (Å²) < 4.78 is 8.42. The van der Waals surface area contributed by atoms with Gasteiger partial charge in [0, 0.05) is 32.5 Å². The van der Waals surface area contributed by atoms with Gasteiger partial charge >= 0.3 is 0 Å². The normalized spacial score (nSPS) is 14.7. The number of morpholine rings is 1. The Morgan fingerprint density at radius 1 is 1.30 bits per heavy atom. The highest BCUT2D eigenvalue weighted by atomic mass is 16.5. The first-order valence-corrected chi connectivity index (χ1v) is 7.29. The van der Waals surface area contributed by atoms with Crippen LogP contribution in [0.5, 0.6) is 0 Å². The van der Waals surface area contributed by atoms with Crippen molar-refractivity contribution in [1.82, 2.24) is 24.2 Å². The molecular weight excluding hydrogens is 300 g/mol. The van der Waals surface area contributed by atoms with E-state index in [2.05, 4.69) is 15.4 Å². The molecule has 0 aliphatic carbocycles. The molecule has 1 aliphatic heterocycles. The number of carbonyl (C=O) groups is 2. The minimum atomic E-state index is -0.315. The maximum atomic E-state index is 12.1. The number of imidazole rings is 1. The molecule has 0 atom stereocenters. The van der Waals surface area contributed by atoms with Crippen LogP contribution in [0.3, 0.4) is 0 Å². The smallest absolute Gasteiger partial charge is 0.275 e. The number of amides is 2. The lowest BCUT2D eigenvalue weighted by atomic mass is 10.4. The van der Waals surface area contributed by atoms with Gasteiger partial charge in [0.25, 0.3) is 5.91 Å². The summed E-state index contributed by atoms with van der Waals surface area (Å²) in [5.41, 5.74) is 0.847. The van der Waals surface area contributed by atoms with E-state index in [0.29, 0.717) is 37.7 Å². The molecular formula is C14H18N6O3. The molecule has 9 nitrogen and oxygen atoms in total. The van der Waals surface area contributed by atoms with Gasteiger partial charge in [-0.05, 0) is 0 Å². The zero-order chi connectivity index (χ0) is 16.2. The summed E-state index contributed by atoms with van der Waals surface area (Å²) in [6.07, 6.45) is 6.31. The molecule has 9 heteroatoms. The monoisotopic (exact) mass is 318 g/mol. The maximum Gasteiger partial charge on any atom is 0.275 e. The molecule has 0 aromatic carbocycles. The molecule has 122 valence electrons. The third-order valence-electron chi connectivity index (χ3n) is 3.49. The summed E-state index contributed by atoms with van der Waals surface area (Å²) in [7, 11) is 1.79. The van der Waals surface area contributed by atoms with Crippen LogP contribution in [0.4, 0.5) is 5.69 Å². The van der Waals surface area contributed by atoms with Crippen LogP contribution in [0.15, 0.2) is 24.9 Å². The first-order chi connectivity index (χ1) is 11.1. The van der Waals surface area contributed by atoms with Gasteiger partial charge in [0.2, 0.25) is 5.91 Å². The van der Waals surface area contributed by atoms with E-state index >= 15 is 0 Å². The average molecular weight is 318 g/mol. The zero-order valence-electron chi connectivity index (χ0n) is 12.8. The summed E-state index contributed by atoms with van der Waals surface area (Å²) in [6, 6.07) is 0. The number of carbonyl (C=O) groups excluding carboxylic acids is 2. The third-order valence-corrected chi connectivity index (χ3v) is 3.49. The average Bonchev–Trinajstić information content (AvgIpc) is 3.17. The summed E-state index contributed by atoms with van der Waals surface area (Å²) in [4.78, 5) is 29.9. The van der Waals surface area contributed by atoms with Gasteiger partial charge in [-0.15, -0.1) is 0 Å². The van der Waals surface area contributed by atoms with E-state index < -0.39 is 0 Å². The van der Waals surface area contributed by atoms with Crippen molar-refractivity contribution in [2.24, 2.45) is 7.05 Å². The van der Waals surface area contributed by atoms with Crippen molar-refractivity contribution in [3.05, 3.63) is 30.6 Å². The summed E-state index contributed by atoms with van der Waals surface area (Å²) in [6.45, 7) is 2.47. The van der Waals surface area contributed by atoms with Crippen molar-refractivity contribution in [3.8, 4) is 0 Å². The van der Waals surface area contributed by atoms with Gasteiger partial charge in [0.15, 0.2) is 0 Å². The van der Waals surface area contributed by atoms with Gasteiger partial charge in [-0.25, -0.2) is 4.98 Å². The first-order valence-electron chi connectivity index (χ1n) is 7.29. The van der Waals surface area contributed by atoms with Crippen LogP contribution < -0.4 is 5.32 Å². The number of hydrogen-bond donors (Lipinski definition) is 1. The van der Waals surface area contributed by atoms with E-state index in [1.165, 1.54) is 10.9 Å². The van der Waals surface area contributed by atoms with Crippen LogP contribution in [0, 0.1) is 0 Å². The van der Waals surface area contributed by atoms with E-state index in [1.807, 2.05) is 0 Å². The van der Waals surface area contributed by atoms with Crippen LogP contribution in [-0.4, -0.2) is 62.3 Å². The Hall–Kier alpha value is -2.68. The lowest BCUT2D eigenvalue weighted by Crippen LogP contribution is -2.42. The molecule has 2 amide bonds. The predicted molar refractivity (Wildman–Crippen MR) is 80.8 cm³/mol. The Morgan fingerprint density at radius 2 is 2.09 bits per heavy atom. The molecule has 1 saturated heterocycles. The fraction of sp³-hybridized carbons (Fsp3) is 0.429. The Kier molecular flexibility index (Phi) is 4.38. The number of anilines is 1. The van der Waals surface area contributed by atoms with Crippen LogP contribution in [0.1, 0.15) is 10.5 Å². The Morgan fingerprint density at radius 3 is 2.78 bits per heavy atom. The number of nitrogens with zero attached hydrogens (tertiary/aromatic N) is 5. The Labute approximate surface area is 132 Å². The fourth-order valence-corrected chi connectivity index (χ4v) is 2.29. The van der Waals surface area contributed by atoms with E-state index in [4.69, 9.17) is 4.74 Å². The van der Waals surface area contributed by atoms with Crippen LogP contribution in [0.2, 0.25) is 0 Å². The van der Waals surface area contributed by atoms with E-state index in [-0.39, 0.29) is 18.4 Å². The quantitative estimate of drug-likeness (QED) is 0.837. The van der Waals surface area contributed by atoms with Crippen molar-refractivity contribution >= 4 is 17.5 Å².